The summed E-state index contributed by atoms with van der Waals surface area (Å²) in [7, 11) is 3.08. The predicted octanol–water partition coefficient (Wildman–Crippen LogP) is 4.01. The highest BCUT2D eigenvalue weighted by Gasteiger charge is 2.12. The van der Waals surface area contributed by atoms with Crippen molar-refractivity contribution in [3.05, 3.63) is 70.9 Å². The smallest absolute Gasteiger partial charge is 0.276 e. The SMILES string of the molecule is COc1ccc(NC(=O)c2ccc(NCc3ccc(Cl)cc3)nn2)c(OC)c1. The van der Waals surface area contributed by atoms with E-state index in [-0.39, 0.29) is 11.6 Å². The lowest BCUT2D eigenvalue weighted by molar-refractivity contribution is 0.102. The molecule has 7 nitrogen and oxygen atoms in total. The van der Waals surface area contributed by atoms with Crippen LogP contribution in [0.15, 0.2) is 54.6 Å². The number of anilines is 2. The van der Waals surface area contributed by atoms with Gasteiger partial charge in [0.1, 0.15) is 17.3 Å². The number of carbonyl (C=O) groups is 1. The lowest BCUT2D eigenvalue weighted by Crippen LogP contribution is -2.15. The van der Waals surface area contributed by atoms with Gasteiger partial charge >= 0.3 is 0 Å². The molecule has 0 aliphatic rings. The second kappa shape index (κ2) is 9.05. The first kappa shape index (κ1) is 19.4. The molecular weight excluding hydrogens is 380 g/mol. The Labute approximate surface area is 167 Å². The number of amides is 1. The Morgan fingerprint density at radius 1 is 1.00 bits per heavy atom. The van der Waals surface area contributed by atoms with Crippen molar-refractivity contribution in [2.75, 3.05) is 24.9 Å². The lowest BCUT2D eigenvalue weighted by atomic mass is 10.2. The maximum atomic E-state index is 12.4. The fourth-order valence-electron chi connectivity index (χ4n) is 2.43. The summed E-state index contributed by atoms with van der Waals surface area (Å²) in [5.41, 5.74) is 1.76. The minimum atomic E-state index is -0.389. The van der Waals surface area contributed by atoms with Gasteiger partial charge in [-0.3, -0.25) is 4.79 Å². The molecule has 0 atom stereocenters. The van der Waals surface area contributed by atoms with Crippen molar-refractivity contribution < 1.29 is 14.3 Å². The highest BCUT2D eigenvalue weighted by atomic mass is 35.5. The van der Waals surface area contributed by atoms with E-state index in [1.54, 1.807) is 37.4 Å². The van der Waals surface area contributed by atoms with Crippen LogP contribution in [-0.4, -0.2) is 30.3 Å². The molecule has 8 heteroatoms. The van der Waals surface area contributed by atoms with Crippen molar-refractivity contribution in [1.82, 2.24) is 10.2 Å². The monoisotopic (exact) mass is 398 g/mol. The molecule has 1 heterocycles. The summed E-state index contributed by atoms with van der Waals surface area (Å²) < 4.78 is 10.4. The van der Waals surface area contributed by atoms with Gasteiger partial charge < -0.3 is 20.1 Å². The molecule has 0 saturated heterocycles. The molecule has 3 aromatic rings. The number of ether oxygens (including phenoxy) is 2. The molecule has 0 aliphatic carbocycles. The van der Waals surface area contributed by atoms with Crippen LogP contribution in [0.5, 0.6) is 11.5 Å². The summed E-state index contributed by atoms with van der Waals surface area (Å²) in [6.07, 6.45) is 0. The van der Waals surface area contributed by atoms with Crippen molar-refractivity contribution in [3.8, 4) is 11.5 Å². The Hall–Kier alpha value is -3.32. The first-order valence-electron chi connectivity index (χ1n) is 8.44. The maximum absolute atomic E-state index is 12.4. The Morgan fingerprint density at radius 2 is 1.79 bits per heavy atom. The minimum absolute atomic E-state index is 0.190. The van der Waals surface area contributed by atoms with Gasteiger partial charge in [0.2, 0.25) is 0 Å². The van der Waals surface area contributed by atoms with Gasteiger partial charge in [0.15, 0.2) is 5.69 Å². The van der Waals surface area contributed by atoms with Crippen LogP contribution in [0.25, 0.3) is 0 Å². The Bertz CT molecular complexity index is 947. The highest BCUT2D eigenvalue weighted by molar-refractivity contribution is 6.30. The van der Waals surface area contributed by atoms with Crippen LogP contribution in [0.3, 0.4) is 0 Å². The molecule has 0 radical (unpaired) electrons. The zero-order chi connectivity index (χ0) is 19.9. The molecule has 144 valence electrons. The molecular formula is C20H19ClN4O3. The molecule has 2 N–H and O–H groups in total. The van der Waals surface area contributed by atoms with Gasteiger partial charge in [-0.1, -0.05) is 23.7 Å². The average Bonchev–Trinajstić information content (AvgIpc) is 2.74. The van der Waals surface area contributed by atoms with Crippen LogP contribution in [-0.2, 0) is 6.54 Å². The maximum Gasteiger partial charge on any atom is 0.276 e. The van der Waals surface area contributed by atoms with Gasteiger partial charge in [0, 0.05) is 17.6 Å². The number of rotatable bonds is 7. The Balaban J connectivity index is 1.62. The number of nitrogens with one attached hydrogen (secondary N) is 2. The van der Waals surface area contributed by atoms with E-state index in [2.05, 4.69) is 20.8 Å². The summed E-state index contributed by atoms with van der Waals surface area (Å²) in [5, 5.41) is 14.6. The van der Waals surface area contributed by atoms with Crippen LogP contribution in [0.4, 0.5) is 11.5 Å². The number of hydrogen-bond acceptors (Lipinski definition) is 6. The van der Waals surface area contributed by atoms with E-state index >= 15 is 0 Å². The molecule has 0 fully saturated rings. The van der Waals surface area contributed by atoms with E-state index in [1.165, 1.54) is 7.11 Å². The molecule has 0 aliphatic heterocycles. The molecule has 1 amide bonds. The molecule has 0 unspecified atom stereocenters. The van der Waals surface area contributed by atoms with Gasteiger partial charge in [-0.05, 0) is 42.0 Å². The van der Waals surface area contributed by atoms with Gasteiger partial charge in [0.05, 0.1) is 19.9 Å². The predicted molar refractivity (Wildman–Crippen MR) is 108 cm³/mol. The lowest BCUT2D eigenvalue weighted by Gasteiger charge is -2.11. The number of halogens is 1. The van der Waals surface area contributed by atoms with Crippen LogP contribution >= 0.6 is 11.6 Å². The van der Waals surface area contributed by atoms with E-state index in [0.29, 0.717) is 34.6 Å². The average molecular weight is 399 g/mol. The molecule has 0 bridgehead atoms. The van der Waals surface area contributed by atoms with E-state index in [4.69, 9.17) is 21.1 Å². The third-order valence-electron chi connectivity index (χ3n) is 3.94. The topological polar surface area (TPSA) is 85.4 Å². The largest absolute Gasteiger partial charge is 0.497 e. The first-order valence-corrected chi connectivity index (χ1v) is 8.82. The van der Waals surface area contributed by atoms with Gasteiger partial charge in [-0.2, -0.15) is 0 Å². The first-order chi connectivity index (χ1) is 13.6. The van der Waals surface area contributed by atoms with Crippen molar-refractivity contribution in [1.29, 1.82) is 0 Å². The van der Waals surface area contributed by atoms with Crippen LogP contribution in [0, 0.1) is 0 Å². The fourth-order valence-corrected chi connectivity index (χ4v) is 2.56. The zero-order valence-corrected chi connectivity index (χ0v) is 16.2. The number of carbonyl (C=O) groups excluding carboxylic acids is 1. The third kappa shape index (κ3) is 4.89. The fraction of sp³-hybridized carbons (Fsp3) is 0.150. The standard InChI is InChI=1S/C20H19ClN4O3/c1-27-15-7-8-16(18(11-15)28-2)23-20(26)17-9-10-19(25-24-17)22-12-13-3-5-14(21)6-4-13/h3-11H,12H2,1-2H3,(H,22,25)(H,23,26). The minimum Gasteiger partial charge on any atom is -0.497 e. The van der Waals surface area contributed by atoms with Crippen molar-refractivity contribution >= 4 is 29.0 Å². The number of aromatic nitrogens is 2. The number of hydrogen-bond donors (Lipinski definition) is 2. The van der Waals surface area contributed by atoms with Crippen molar-refractivity contribution in [3.63, 3.8) is 0 Å². The molecule has 0 spiro atoms. The van der Waals surface area contributed by atoms with E-state index in [1.807, 2.05) is 24.3 Å². The summed E-state index contributed by atoms with van der Waals surface area (Å²) >= 11 is 5.87. The Morgan fingerprint density at radius 3 is 2.43 bits per heavy atom. The second-order valence-corrected chi connectivity index (χ2v) is 6.24. The molecule has 28 heavy (non-hydrogen) atoms. The molecule has 3 rings (SSSR count). The Kier molecular flexibility index (Phi) is 6.29. The van der Waals surface area contributed by atoms with E-state index in [9.17, 15) is 4.79 Å². The normalized spacial score (nSPS) is 10.2. The van der Waals surface area contributed by atoms with Crippen LogP contribution < -0.4 is 20.1 Å². The third-order valence-corrected chi connectivity index (χ3v) is 4.19. The zero-order valence-electron chi connectivity index (χ0n) is 15.4. The number of methoxy groups -OCH3 is 2. The van der Waals surface area contributed by atoms with Crippen molar-refractivity contribution in [2.45, 2.75) is 6.54 Å². The summed E-state index contributed by atoms with van der Waals surface area (Å²) in [5.74, 6) is 1.29. The van der Waals surface area contributed by atoms with Crippen LogP contribution in [0.2, 0.25) is 5.02 Å². The second-order valence-electron chi connectivity index (χ2n) is 5.80. The summed E-state index contributed by atoms with van der Waals surface area (Å²) in [6, 6.07) is 15.9. The van der Waals surface area contributed by atoms with E-state index < -0.39 is 0 Å². The summed E-state index contributed by atoms with van der Waals surface area (Å²) in [6.45, 7) is 0.570. The van der Waals surface area contributed by atoms with Gasteiger partial charge in [0.25, 0.3) is 5.91 Å². The van der Waals surface area contributed by atoms with Gasteiger partial charge in [-0.15, -0.1) is 10.2 Å². The molecule has 0 saturated carbocycles. The quantitative estimate of drug-likeness (QED) is 0.625. The van der Waals surface area contributed by atoms with Crippen LogP contribution in [0.1, 0.15) is 16.1 Å². The number of nitrogens with zero attached hydrogens (tertiary/aromatic N) is 2. The number of benzene rings is 2. The molecule has 2 aromatic carbocycles. The van der Waals surface area contributed by atoms with E-state index in [0.717, 1.165) is 5.56 Å². The van der Waals surface area contributed by atoms with Gasteiger partial charge in [-0.25, -0.2) is 0 Å². The van der Waals surface area contributed by atoms with Crippen molar-refractivity contribution in [2.24, 2.45) is 0 Å². The molecule has 1 aromatic heterocycles. The highest BCUT2D eigenvalue weighted by Crippen LogP contribution is 2.29. The summed E-state index contributed by atoms with van der Waals surface area (Å²) in [4.78, 5) is 12.4.